The van der Waals surface area contributed by atoms with Gasteiger partial charge in [0, 0.05) is 25.9 Å². The number of ether oxygens (including phenoxy) is 1. The first kappa shape index (κ1) is 15.3. The summed E-state index contributed by atoms with van der Waals surface area (Å²) in [5.74, 6) is -0.0198. The number of fused-ring (bicyclic) bond motifs is 1. The molecule has 132 valence electrons. The molecule has 2 atom stereocenters. The Balaban J connectivity index is 1.55. The van der Waals surface area contributed by atoms with Gasteiger partial charge in [0.15, 0.2) is 5.72 Å². The minimum Gasteiger partial charge on any atom is -0.354 e. The maximum Gasteiger partial charge on any atom is 0.243 e. The Morgan fingerprint density at radius 3 is 3.08 bits per heavy atom. The van der Waals surface area contributed by atoms with E-state index in [1.165, 1.54) is 10.6 Å². The predicted molar refractivity (Wildman–Crippen MR) is 88.0 cm³/mol. The second kappa shape index (κ2) is 5.03. The van der Waals surface area contributed by atoms with Gasteiger partial charge in [-0.2, -0.15) is 4.31 Å². The van der Waals surface area contributed by atoms with Crippen LogP contribution in [0.4, 0.5) is 0 Å². The number of amides is 1. The maximum absolute atomic E-state index is 13.2. The Morgan fingerprint density at radius 2 is 2.20 bits per heavy atom. The van der Waals surface area contributed by atoms with E-state index in [4.69, 9.17) is 4.74 Å². The van der Waals surface area contributed by atoms with Crippen LogP contribution in [0.2, 0.25) is 0 Å². The van der Waals surface area contributed by atoms with Crippen molar-refractivity contribution in [2.45, 2.75) is 35.9 Å². The highest BCUT2D eigenvalue weighted by Gasteiger charge is 2.63. The maximum atomic E-state index is 13.2. The number of hydrogen-bond acceptors (Lipinski definition) is 5. The third-order valence-electron chi connectivity index (χ3n) is 5.56. The minimum absolute atomic E-state index is 0.0198. The van der Waals surface area contributed by atoms with E-state index in [0.29, 0.717) is 31.6 Å². The lowest BCUT2D eigenvalue weighted by atomic mass is 10.0. The van der Waals surface area contributed by atoms with Gasteiger partial charge in [-0.1, -0.05) is 0 Å². The van der Waals surface area contributed by atoms with E-state index >= 15 is 0 Å². The first-order valence-electron chi connectivity index (χ1n) is 8.42. The van der Waals surface area contributed by atoms with Crippen LogP contribution in [0.3, 0.4) is 0 Å². The molecule has 0 radical (unpaired) electrons. The molecule has 1 N–H and O–H groups in total. The molecule has 1 amide bonds. The number of benzene rings is 1. The number of aromatic nitrogens is 2. The quantitative estimate of drug-likeness (QED) is 0.847. The highest BCUT2D eigenvalue weighted by Crippen LogP contribution is 2.46. The molecular weight excluding hydrogens is 344 g/mol. The van der Waals surface area contributed by atoms with E-state index in [9.17, 15) is 13.2 Å². The molecule has 3 saturated heterocycles. The lowest BCUT2D eigenvalue weighted by Gasteiger charge is -2.42. The van der Waals surface area contributed by atoms with Crippen molar-refractivity contribution in [2.75, 3.05) is 19.7 Å². The summed E-state index contributed by atoms with van der Waals surface area (Å²) in [6, 6.07) is 4.40. The number of nitrogens with one attached hydrogen (secondary N) is 1. The van der Waals surface area contributed by atoms with Crippen LogP contribution in [-0.4, -0.2) is 65.0 Å². The van der Waals surface area contributed by atoms with Crippen LogP contribution in [0.15, 0.2) is 29.4 Å². The molecule has 25 heavy (non-hydrogen) atoms. The summed E-state index contributed by atoms with van der Waals surface area (Å²) < 4.78 is 33.9. The van der Waals surface area contributed by atoms with E-state index < -0.39 is 21.8 Å². The number of carbonyl (C=O) groups is 1. The Morgan fingerprint density at radius 1 is 1.32 bits per heavy atom. The number of sulfonamides is 1. The summed E-state index contributed by atoms with van der Waals surface area (Å²) in [5, 5.41) is 0. The molecule has 5 rings (SSSR count). The third-order valence-corrected chi connectivity index (χ3v) is 7.47. The fraction of sp³-hybridized carbons (Fsp3) is 0.500. The summed E-state index contributed by atoms with van der Waals surface area (Å²) in [7, 11) is -3.71. The third kappa shape index (κ3) is 1.97. The second-order valence-electron chi connectivity index (χ2n) is 6.76. The van der Waals surface area contributed by atoms with Crippen molar-refractivity contribution in [2.24, 2.45) is 0 Å². The van der Waals surface area contributed by atoms with E-state index in [1.807, 2.05) is 0 Å². The van der Waals surface area contributed by atoms with Crippen molar-refractivity contribution in [1.29, 1.82) is 0 Å². The van der Waals surface area contributed by atoms with Gasteiger partial charge in [-0.05, 0) is 24.6 Å². The molecule has 0 saturated carbocycles. The summed E-state index contributed by atoms with van der Waals surface area (Å²) in [6.07, 6.45) is 3.04. The molecule has 0 unspecified atom stereocenters. The number of nitrogens with zero attached hydrogens (tertiary/aromatic N) is 3. The molecule has 0 aliphatic carbocycles. The van der Waals surface area contributed by atoms with E-state index in [2.05, 4.69) is 9.97 Å². The molecule has 8 nitrogen and oxygen atoms in total. The van der Waals surface area contributed by atoms with Gasteiger partial charge in [0.1, 0.15) is 0 Å². The monoisotopic (exact) mass is 362 g/mol. The number of carbonyl (C=O) groups excluding carboxylic acids is 1. The van der Waals surface area contributed by atoms with Crippen molar-refractivity contribution < 1.29 is 17.9 Å². The Kier molecular flexibility index (Phi) is 3.08. The largest absolute Gasteiger partial charge is 0.354 e. The number of H-pyrrole nitrogens is 1. The Bertz CT molecular complexity index is 971. The van der Waals surface area contributed by atoms with Crippen LogP contribution >= 0.6 is 0 Å². The lowest BCUT2D eigenvalue weighted by molar-refractivity contribution is -0.178. The van der Waals surface area contributed by atoms with Crippen LogP contribution < -0.4 is 0 Å². The van der Waals surface area contributed by atoms with Gasteiger partial charge in [0.2, 0.25) is 15.9 Å². The first-order chi connectivity index (χ1) is 12.0. The van der Waals surface area contributed by atoms with Gasteiger partial charge in [-0.15, -0.1) is 0 Å². The van der Waals surface area contributed by atoms with Crippen molar-refractivity contribution in [3.63, 3.8) is 0 Å². The molecule has 1 aromatic carbocycles. The van der Waals surface area contributed by atoms with Gasteiger partial charge in [-0.3, -0.25) is 4.79 Å². The predicted octanol–water partition coefficient (Wildman–Crippen LogP) is 0.675. The lowest BCUT2D eigenvalue weighted by Crippen LogP contribution is -2.56. The normalized spacial score (nSPS) is 30.0. The Hall–Kier alpha value is -1.97. The molecule has 4 heterocycles. The molecule has 3 aliphatic rings. The molecular formula is C16H18N4O4S. The van der Waals surface area contributed by atoms with E-state index in [0.717, 1.165) is 11.9 Å². The zero-order chi connectivity index (χ0) is 17.2. The zero-order valence-corrected chi connectivity index (χ0v) is 14.3. The summed E-state index contributed by atoms with van der Waals surface area (Å²) in [5.41, 5.74) is 0.614. The van der Waals surface area contributed by atoms with Crippen molar-refractivity contribution in [1.82, 2.24) is 19.2 Å². The molecule has 9 heteroatoms. The van der Waals surface area contributed by atoms with E-state index in [-0.39, 0.29) is 17.2 Å². The van der Waals surface area contributed by atoms with Gasteiger partial charge in [-0.25, -0.2) is 13.4 Å². The molecule has 1 spiro atoms. The number of hydrogen-bond donors (Lipinski definition) is 1. The van der Waals surface area contributed by atoms with Crippen molar-refractivity contribution >= 4 is 27.0 Å². The first-order valence-corrected chi connectivity index (χ1v) is 9.86. The molecule has 3 aliphatic heterocycles. The average Bonchev–Trinajstić information content (AvgIpc) is 3.26. The standard InChI is InChI=1S/C16H18N4O4S/c21-15-9-14-16(19(15)5-1-7-24-16)4-6-20(14)25(22,23)11-2-3-12-13(8-11)18-10-17-12/h2-3,8,10,14H,1,4-7,9H2,(H,17,18)/t14-,16+/m1/s1. The molecule has 0 bridgehead atoms. The van der Waals surface area contributed by atoms with Crippen LogP contribution in [-0.2, 0) is 19.6 Å². The minimum atomic E-state index is -3.71. The molecule has 3 fully saturated rings. The molecule has 2 aromatic rings. The van der Waals surface area contributed by atoms with Gasteiger partial charge in [0.05, 0.1) is 34.9 Å². The number of imidazole rings is 1. The van der Waals surface area contributed by atoms with Gasteiger partial charge in [0.25, 0.3) is 0 Å². The van der Waals surface area contributed by atoms with Crippen molar-refractivity contribution in [3.05, 3.63) is 24.5 Å². The van der Waals surface area contributed by atoms with Crippen LogP contribution in [0, 0.1) is 0 Å². The van der Waals surface area contributed by atoms with Crippen molar-refractivity contribution in [3.8, 4) is 0 Å². The molecule has 1 aromatic heterocycles. The number of rotatable bonds is 2. The SMILES string of the molecule is O=C1C[C@H]2N(S(=O)(=O)c3ccc4nc[nH]c4c3)CC[C@]23OCCCN13. The fourth-order valence-electron chi connectivity index (χ4n) is 4.41. The van der Waals surface area contributed by atoms with Gasteiger partial charge >= 0.3 is 0 Å². The van der Waals surface area contributed by atoms with E-state index in [1.54, 1.807) is 23.1 Å². The topological polar surface area (TPSA) is 95.6 Å². The fourth-order valence-corrected chi connectivity index (χ4v) is 6.09. The second-order valence-corrected chi connectivity index (χ2v) is 8.65. The summed E-state index contributed by atoms with van der Waals surface area (Å²) in [4.78, 5) is 21.4. The Labute approximate surface area is 144 Å². The zero-order valence-electron chi connectivity index (χ0n) is 13.5. The summed E-state index contributed by atoms with van der Waals surface area (Å²) in [6.45, 7) is 1.56. The van der Waals surface area contributed by atoms with Gasteiger partial charge < -0.3 is 14.6 Å². The highest BCUT2D eigenvalue weighted by molar-refractivity contribution is 7.89. The smallest absolute Gasteiger partial charge is 0.243 e. The van der Waals surface area contributed by atoms with Crippen LogP contribution in [0.25, 0.3) is 11.0 Å². The number of aromatic amines is 1. The average molecular weight is 362 g/mol. The summed E-state index contributed by atoms with van der Waals surface area (Å²) >= 11 is 0. The van der Waals surface area contributed by atoms with Crippen LogP contribution in [0.1, 0.15) is 19.3 Å². The van der Waals surface area contributed by atoms with Crippen LogP contribution in [0.5, 0.6) is 0 Å². The highest BCUT2D eigenvalue weighted by atomic mass is 32.2.